The van der Waals surface area contributed by atoms with Crippen LogP contribution < -0.4 is 5.32 Å². The average molecular weight is 271 g/mol. The minimum Gasteiger partial charge on any atom is -0.308 e. The van der Waals surface area contributed by atoms with E-state index in [9.17, 15) is 13.2 Å². The van der Waals surface area contributed by atoms with Crippen molar-refractivity contribution < 1.29 is 13.2 Å². The predicted octanol–water partition coefficient (Wildman–Crippen LogP) is 4.29. The van der Waals surface area contributed by atoms with Gasteiger partial charge in [0.2, 0.25) is 0 Å². The minimum atomic E-state index is -1.43. The molecule has 19 heavy (non-hydrogen) atoms. The fourth-order valence-electron chi connectivity index (χ4n) is 1.55. The first kappa shape index (κ1) is 15.8. The van der Waals surface area contributed by atoms with Crippen molar-refractivity contribution >= 4 is 6.08 Å². The number of halogens is 3. The van der Waals surface area contributed by atoms with Gasteiger partial charge in [0, 0.05) is 12.1 Å². The zero-order valence-electron chi connectivity index (χ0n) is 11.8. The maximum Gasteiger partial charge on any atom is 0.194 e. The van der Waals surface area contributed by atoms with Crippen LogP contribution in [0.1, 0.15) is 39.7 Å². The third kappa shape index (κ3) is 5.07. The van der Waals surface area contributed by atoms with Crippen LogP contribution in [0, 0.1) is 17.5 Å². The Labute approximate surface area is 112 Å². The molecule has 0 unspecified atom stereocenters. The van der Waals surface area contributed by atoms with Gasteiger partial charge in [-0.15, -0.1) is 0 Å². The summed E-state index contributed by atoms with van der Waals surface area (Å²) in [5.41, 5.74) is 1.30. The molecule has 0 saturated carbocycles. The quantitative estimate of drug-likeness (QED) is 0.806. The molecule has 0 heterocycles. The molecular weight excluding hydrogens is 251 g/mol. The molecule has 0 radical (unpaired) electrons. The van der Waals surface area contributed by atoms with E-state index in [4.69, 9.17) is 0 Å². The summed E-state index contributed by atoms with van der Waals surface area (Å²) in [5.74, 6) is -3.75. The Morgan fingerprint density at radius 1 is 1.16 bits per heavy atom. The predicted molar refractivity (Wildman–Crippen MR) is 72.3 cm³/mol. The molecule has 0 amide bonds. The lowest BCUT2D eigenvalue weighted by molar-refractivity contribution is 0.442. The van der Waals surface area contributed by atoms with E-state index >= 15 is 0 Å². The normalized spacial score (nSPS) is 12.9. The third-order valence-corrected chi connectivity index (χ3v) is 2.68. The SMILES string of the molecule is CCC(=Cc1cc(F)c(F)c(F)c1)CNC(C)(C)C. The molecule has 1 aromatic rings. The zero-order valence-corrected chi connectivity index (χ0v) is 11.8. The summed E-state index contributed by atoms with van der Waals surface area (Å²) in [6.07, 6.45) is 2.44. The third-order valence-electron chi connectivity index (χ3n) is 2.68. The number of nitrogens with one attached hydrogen (secondary N) is 1. The molecule has 1 rings (SSSR count). The largest absolute Gasteiger partial charge is 0.308 e. The average Bonchev–Trinajstić information content (AvgIpc) is 2.30. The summed E-state index contributed by atoms with van der Waals surface area (Å²) in [6, 6.07) is 2.01. The summed E-state index contributed by atoms with van der Waals surface area (Å²) in [4.78, 5) is 0. The molecule has 0 bridgehead atoms. The fraction of sp³-hybridized carbons (Fsp3) is 0.467. The van der Waals surface area contributed by atoms with Gasteiger partial charge in [0.05, 0.1) is 0 Å². The molecule has 0 aliphatic rings. The van der Waals surface area contributed by atoms with Gasteiger partial charge in [0.25, 0.3) is 0 Å². The Balaban J connectivity index is 2.92. The van der Waals surface area contributed by atoms with E-state index in [1.165, 1.54) is 0 Å². The van der Waals surface area contributed by atoms with Gasteiger partial charge in [-0.3, -0.25) is 0 Å². The van der Waals surface area contributed by atoms with Crippen molar-refractivity contribution in [3.63, 3.8) is 0 Å². The first-order chi connectivity index (χ1) is 8.73. The molecule has 106 valence electrons. The van der Waals surface area contributed by atoms with Crippen LogP contribution in [0.3, 0.4) is 0 Å². The molecule has 0 spiro atoms. The van der Waals surface area contributed by atoms with E-state index in [0.29, 0.717) is 12.1 Å². The maximum absolute atomic E-state index is 13.1. The van der Waals surface area contributed by atoms with Gasteiger partial charge in [0.1, 0.15) is 0 Å². The van der Waals surface area contributed by atoms with E-state index < -0.39 is 17.5 Å². The highest BCUT2D eigenvalue weighted by Crippen LogP contribution is 2.17. The molecule has 0 fully saturated rings. The maximum atomic E-state index is 13.1. The van der Waals surface area contributed by atoms with E-state index in [-0.39, 0.29) is 5.54 Å². The second-order valence-corrected chi connectivity index (χ2v) is 5.56. The van der Waals surface area contributed by atoms with Crippen LogP contribution in [0.25, 0.3) is 6.08 Å². The summed E-state index contributed by atoms with van der Waals surface area (Å²) >= 11 is 0. The van der Waals surface area contributed by atoms with E-state index in [2.05, 4.69) is 5.32 Å². The molecule has 0 saturated heterocycles. The van der Waals surface area contributed by atoms with Gasteiger partial charge >= 0.3 is 0 Å². The number of hydrogen-bond acceptors (Lipinski definition) is 1. The molecule has 1 nitrogen and oxygen atoms in total. The van der Waals surface area contributed by atoms with Crippen molar-refractivity contribution in [3.8, 4) is 0 Å². The topological polar surface area (TPSA) is 12.0 Å². The van der Waals surface area contributed by atoms with Gasteiger partial charge in [-0.25, -0.2) is 13.2 Å². The smallest absolute Gasteiger partial charge is 0.194 e. The minimum absolute atomic E-state index is 0.0342. The van der Waals surface area contributed by atoms with Gasteiger partial charge < -0.3 is 5.32 Å². The highest BCUT2D eigenvalue weighted by molar-refractivity contribution is 5.53. The summed E-state index contributed by atoms with van der Waals surface area (Å²) in [6.45, 7) is 8.71. The van der Waals surface area contributed by atoms with Crippen molar-refractivity contribution in [2.45, 2.75) is 39.7 Å². The van der Waals surface area contributed by atoms with Gasteiger partial charge in [0.15, 0.2) is 17.5 Å². The zero-order chi connectivity index (χ0) is 14.6. The second kappa shape index (κ2) is 6.24. The number of hydrogen-bond donors (Lipinski definition) is 1. The summed E-state index contributed by atoms with van der Waals surface area (Å²) in [7, 11) is 0. The standard InChI is InChI=1S/C15H20F3N/c1-5-10(9-19-15(2,3)4)6-11-7-12(16)14(18)13(17)8-11/h6-8,19H,5,9H2,1-4H3. The molecule has 1 aromatic carbocycles. The Hall–Kier alpha value is -1.29. The van der Waals surface area contributed by atoms with Crippen LogP contribution in [0.2, 0.25) is 0 Å². The van der Waals surface area contributed by atoms with Crippen molar-refractivity contribution in [2.75, 3.05) is 6.54 Å². The molecule has 0 atom stereocenters. The molecule has 4 heteroatoms. The van der Waals surface area contributed by atoms with E-state index in [1.54, 1.807) is 6.08 Å². The molecule has 0 aliphatic carbocycles. The lowest BCUT2D eigenvalue weighted by Crippen LogP contribution is -2.36. The van der Waals surface area contributed by atoms with Crippen LogP contribution in [0.4, 0.5) is 13.2 Å². The second-order valence-electron chi connectivity index (χ2n) is 5.56. The number of benzene rings is 1. The highest BCUT2D eigenvalue weighted by Gasteiger charge is 2.11. The summed E-state index contributed by atoms with van der Waals surface area (Å²) < 4.78 is 39.1. The van der Waals surface area contributed by atoms with Crippen molar-refractivity contribution in [2.24, 2.45) is 0 Å². The van der Waals surface area contributed by atoms with Gasteiger partial charge in [-0.1, -0.05) is 18.6 Å². The Bertz CT molecular complexity index is 450. The lowest BCUT2D eigenvalue weighted by Gasteiger charge is -2.21. The Morgan fingerprint density at radius 2 is 1.68 bits per heavy atom. The number of rotatable bonds is 4. The Kier molecular flexibility index (Phi) is 5.18. The van der Waals surface area contributed by atoms with E-state index in [0.717, 1.165) is 24.1 Å². The van der Waals surface area contributed by atoms with Crippen LogP contribution >= 0.6 is 0 Å². The van der Waals surface area contributed by atoms with Crippen LogP contribution in [0.5, 0.6) is 0 Å². The Morgan fingerprint density at radius 3 is 2.11 bits per heavy atom. The molecular formula is C15H20F3N. The first-order valence-corrected chi connectivity index (χ1v) is 6.32. The monoisotopic (exact) mass is 271 g/mol. The van der Waals surface area contributed by atoms with Gasteiger partial charge in [-0.05, 0) is 44.9 Å². The highest BCUT2D eigenvalue weighted by atomic mass is 19.2. The van der Waals surface area contributed by atoms with E-state index in [1.807, 2.05) is 27.7 Å². The lowest BCUT2D eigenvalue weighted by atomic mass is 10.1. The molecule has 1 N–H and O–H groups in total. The molecule has 0 aromatic heterocycles. The van der Waals surface area contributed by atoms with Crippen molar-refractivity contribution in [1.29, 1.82) is 0 Å². The summed E-state index contributed by atoms with van der Waals surface area (Å²) in [5, 5.41) is 3.30. The fourth-order valence-corrected chi connectivity index (χ4v) is 1.55. The first-order valence-electron chi connectivity index (χ1n) is 6.32. The van der Waals surface area contributed by atoms with Crippen molar-refractivity contribution in [3.05, 3.63) is 40.7 Å². The van der Waals surface area contributed by atoms with Crippen LogP contribution in [-0.2, 0) is 0 Å². The molecule has 0 aliphatic heterocycles. The van der Waals surface area contributed by atoms with Crippen molar-refractivity contribution in [1.82, 2.24) is 5.32 Å². The van der Waals surface area contributed by atoms with Gasteiger partial charge in [-0.2, -0.15) is 0 Å². The van der Waals surface area contributed by atoms with Crippen LogP contribution in [0.15, 0.2) is 17.7 Å². The van der Waals surface area contributed by atoms with Crippen LogP contribution in [-0.4, -0.2) is 12.1 Å².